The number of nitrogens with two attached hydrogens (primary N) is 1. The van der Waals surface area contributed by atoms with Crippen LogP contribution >= 0.6 is 11.8 Å². The Bertz CT molecular complexity index is 923. The summed E-state index contributed by atoms with van der Waals surface area (Å²) in [5, 5.41) is 11.4. The van der Waals surface area contributed by atoms with Crippen molar-refractivity contribution in [3.63, 3.8) is 0 Å². The number of aryl methyl sites for hydroxylation is 2. The molecule has 3 rings (SSSR count). The highest BCUT2D eigenvalue weighted by atomic mass is 32.2. The van der Waals surface area contributed by atoms with Gasteiger partial charge in [-0.15, -0.1) is 10.2 Å². The summed E-state index contributed by atoms with van der Waals surface area (Å²) in [6.45, 7) is 4.73. The van der Waals surface area contributed by atoms with Gasteiger partial charge in [0.15, 0.2) is 5.82 Å². The Hall–Kier alpha value is -3.00. The highest BCUT2D eigenvalue weighted by Gasteiger charge is 2.13. The third kappa shape index (κ3) is 5.50. The van der Waals surface area contributed by atoms with E-state index in [1.165, 1.54) is 16.4 Å². The standard InChI is InChI=1S/C20H23N5O2S/c1-14-8-15(2)10-17(9-14)27-12-18-23-24-20(25(18)21)28-13-19(26)22-11-16-6-4-3-5-7-16/h3-10H,11-13,21H2,1-2H3,(H,22,26). The van der Waals surface area contributed by atoms with Crippen LogP contribution in [0.2, 0.25) is 0 Å². The number of carbonyl (C=O) groups excluding carboxylic acids is 1. The molecule has 0 bridgehead atoms. The number of rotatable bonds is 8. The second kappa shape index (κ2) is 9.27. The highest BCUT2D eigenvalue weighted by molar-refractivity contribution is 7.99. The van der Waals surface area contributed by atoms with Gasteiger partial charge in [0, 0.05) is 6.54 Å². The molecule has 1 aromatic heterocycles. The number of ether oxygens (including phenoxy) is 1. The van der Waals surface area contributed by atoms with Crippen molar-refractivity contribution in [2.45, 2.75) is 32.2 Å². The average molecular weight is 398 g/mol. The summed E-state index contributed by atoms with van der Waals surface area (Å²) in [7, 11) is 0. The fourth-order valence-electron chi connectivity index (χ4n) is 2.65. The third-order valence-electron chi connectivity index (χ3n) is 3.96. The van der Waals surface area contributed by atoms with Gasteiger partial charge in [-0.3, -0.25) is 4.79 Å². The normalized spacial score (nSPS) is 10.6. The van der Waals surface area contributed by atoms with E-state index in [0.717, 1.165) is 22.4 Å². The molecule has 7 nitrogen and oxygen atoms in total. The van der Waals surface area contributed by atoms with Gasteiger partial charge in [0.2, 0.25) is 11.1 Å². The predicted octanol–water partition coefficient (Wildman–Crippen LogP) is 2.60. The van der Waals surface area contributed by atoms with E-state index in [-0.39, 0.29) is 18.3 Å². The molecule has 0 saturated heterocycles. The van der Waals surface area contributed by atoms with E-state index in [1.807, 2.05) is 56.3 Å². The van der Waals surface area contributed by atoms with Crippen LogP contribution in [0.3, 0.4) is 0 Å². The number of benzene rings is 2. The van der Waals surface area contributed by atoms with Gasteiger partial charge in [0.1, 0.15) is 12.4 Å². The average Bonchev–Trinajstić information content (AvgIpc) is 3.03. The molecule has 146 valence electrons. The van der Waals surface area contributed by atoms with Crippen LogP contribution < -0.4 is 15.9 Å². The van der Waals surface area contributed by atoms with Gasteiger partial charge in [-0.1, -0.05) is 48.2 Å². The number of hydrogen-bond donors (Lipinski definition) is 2. The Morgan fingerprint density at radius 1 is 1.14 bits per heavy atom. The number of carbonyl (C=O) groups is 1. The Kier molecular flexibility index (Phi) is 6.54. The molecule has 0 fully saturated rings. The number of amides is 1. The lowest BCUT2D eigenvalue weighted by Gasteiger charge is -2.08. The quantitative estimate of drug-likeness (QED) is 0.448. The number of hydrogen-bond acceptors (Lipinski definition) is 6. The molecule has 0 aliphatic heterocycles. The van der Waals surface area contributed by atoms with Gasteiger partial charge in [0.05, 0.1) is 5.75 Å². The first-order chi connectivity index (χ1) is 13.5. The first kappa shape index (κ1) is 19.8. The summed E-state index contributed by atoms with van der Waals surface area (Å²) in [4.78, 5) is 12.0. The molecule has 1 amide bonds. The number of nitrogens with one attached hydrogen (secondary N) is 1. The Morgan fingerprint density at radius 3 is 2.57 bits per heavy atom. The van der Waals surface area contributed by atoms with Crippen LogP contribution in [0.1, 0.15) is 22.5 Å². The van der Waals surface area contributed by atoms with Crippen molar-refractivity contribution in [2.75, 3.05) is 11.6 Å². The molecule has 0 atom stereocenters. The summed E-state index contributed by atoms with van der Waals surface area (Å²) in [6.07, 6.45) is 0. The molecule has 0 spiro atoms. The SMILES string of the molecule is Cc1cc(C)cc(OCc2nnc(SCC(=O)NCc3ccccc3)n2N)c1. The zero-order chi connectivity index (χ0) is 19.9. The van der Waals surface area contributed by atoms with E-state index in [9.17, 15) is 4.79 Å². The van der Waals surface area contributed by atoms with E-state index in [4.69, 9.17) is 10.6 Å². The minimum atomic E-state index is -0.0927. The Labute approximate surface area is 168 Å². The first-order valence-corrected chi connectivity index (χ1v) is 9.83. The van der Waals surface area contributed by atoms with Crippen LogP contribution in [0.25, 0.3) is 0 Å². The molecule has 0 aliphatic rings. The Morgan fingerprint density at radius 2 is 1.86 bits per heavy atom. The van der Waals surface area contributed by atoms with E-state index in [1.54, 1.807) is 0 Å². The molecule has 0 aliphatic carbocycles. The maximum absolute atomic E-state index is 12.0. The van der Waals surface area contributed by atoms with Crippen LogP contribution in [0.15, 0.2) is 53.7 Å². The molecular formula is C20H23N5O2S. The molecule has 8 heteroatoms. The largest absolute Gasteiger partial charge is 0.486 e. The first-order valence-electron chi connectivity index (χ1n) is 8.85. The molecule has 0 radical (unpaired) electrons. The minimum absolute atomic E-state index is 0.0927. The summed E-state index contributed by atoms with van der Waals surface area (Å²) in [6, 6.07) is 15.7. The fraction of sp³-hybridized carbons (Fsp3) is 0.250. The zero-order valence-electron chi connectivity index (χ0n) is 15.9. The van der Waals surface area contributed by atoms with Gasteiger partial charge < -0.3 is 15.9 Å². The molecule has 3 N–H and O–H groups in total. The smallest absolute Gasteiger partial charge is 0.230 e. The van der Waals surface area contributed by atoms with Gasteiger partial charge >= 0.3 is 0 Å². The predicted molar refractivity (Wildman–Crippen MR) is 109 cm³/mol. The van der Waals surface area contributed by atoms with Gasteiger partial charge in [-0.05, 0) is 42.7 Å². The molecule has 1 heterocycles. The maximum atomic E-state index is 12.0. The molecule has 3 aromatic rings. The fourth-order valence-corrected chi connectivity index (χ4v) is 3.35. The van der Waals surface area contributed by atoms with Crippen molar-refractivity contribution < 1.29 is 9.53 Å². The Balaban J connectivity index is 1.49. The van der Waals surface area contributed by atoms with E-state index >= 15 is 0 Å². The second-order valence-electron chi connectivity index (χ2n) is 6.43. The minimum Gasteiger partial charge on any atom is -0.486 e. The van der Waals surface area contributed by atoms with E-state index < -0.39 is 0 Å². The molecule has 28 heavy (non-hydrogen) atoms. The number of thioether (sulfide) groups is 1. The zero-order valence-corrected chi connectivity index (χ0v) is 16.7. The lowest BCUT2D eigenvalue weighted by atomic mass is 10.1. The number of aromatic nitrogens is 3. The molecular weight excluding hydrogens is 374 g/mol. The summed E-state index contributed by atoms with van der Waals surface area (Å²) < 4.78 is 7.13. The number of nitrogens with zero attached hydrogens (tertiary/aromatic N) is 3. The second-order valence-corrected chi connectivity index (χ2v) is 7.37. The van der Waals surface area contributed by atoms with E-state index in [0.29, 0.717) is 17.5 Å². The van der Waals surface area contributed by atoms with Crippen LogP contribution in [0, 0.1) is 13.8 Å². The van der Waals surface area contributed by atoms with Gasteiger partial charge in [-0.25, -0.2) is 4.68 Å². The summed E-state index contributed by atoms with van der Waals surface area (Å²) in [5.41, 5.74) is 3.30. The van der Waals surface area contributed by atoms with Crippen molar-refractivity contribution in [3.05, 3.63) is 71.0 Å². The lowest BCUT2D eigenvalue weighted by molar-refractivity contribution is -0.118. The van der Waals surface area contributed by atoms with Crippen molar-refractivity contribution in [1.82, 2.24) is 20.2 Å². The van der Waals surface area contributed by atoms with Gasteiger partial charge in [-0.2, -0.15) is 0 Å². The molecule has 0 unspecified atom stereocenters. The van der Waals surface area contributed by atoms with E-state index in [2.05, 4.69) is 21.6 Å². The summed E-state index contributed by atoms with van der Waals surface area (Å²) in [5.74, 6) is 7.40. The monoisotopic (exact) mass is 397 g/mol. The molecule has 0 saturated carbocycles. The highest BCUT2D eigenvalue weighted by Crippen LogP contribution is 2.19. The van der Waals surface area contributed by atoms with Crippen molar-refractivity contribution in [1.29, 1.82) is 0 Å². The van der Waals surface area contributed by atoms with Crippen LogP contribution in [-0.4, -0.2) is 26.5 Å². The van der Waals surface area contributed by atoms with Gasteiger partial charge in [0.25, 0.3) is 0 Å². The third-order valence-corrected chi connectivity index (χ3v) is 4.91. The van der Waals surface area contributed by atoms with Crippen molar-refractivity contribution in [3.8, 4) is 5.75 Å². The van der Waals surface area contributed by atoms with Crippen LogP contribution in [0.5, 0.6) is 5.75 Å². The maximum Gasteiger partial charge on any atom is 0.230 e. The topological polar surface area (TPSA) is 95.1 Å². The molecule has 2 aromatic carbocycles. The van der Waals surface area contributed by atoms with Crippen molar-refractivity contribution >= 4 is 17.7 Å². The van der Waals surface area contributed by atoms with Crippen LogP contribution in [-0.2, 0) is 17.9 Å². The summed E-state index contributed by atoms with van der Waals surface area (Å²) >= 11 is 1.23. The number of nitrogen functional groups attached to an aromatic ring is 1. The van der Waals surface area contributed by atoms with Crippen LogP contribution in [0.4, 0.5) is 0 Å². The van der Waals surface area contributed by atoms with Crippen molar-refractivity contribution in [2.24, 2.45) is 0 Å². The lowest BCUT2D eigenvalue weighted by Crippen LogP contribution is -2.25.